The maximum Gasteiger partial charge on any atom is 0.305 e. The van der Waals surface area contributed by atoms with Gasteiger partial charge in [-0.1, -0.05) is 26.7 Å². The zero-order valence-corrected chi connectivity index (χ0v) is 9.47. The van der Waals surface area contributed by atoms with Gasteiger partial charge in [-0.3, -0.25) is 4.79 Å². The van der Waals surface area contributed by atoms with Crippen LogP contribution in [0.25, 0.3) is 0 Å². The minimum absolute atomic E-state index is 0.0656. The molecule has 3 heteroatoms. The molecule has 0 aliphatic carbocycles. The number of rotatable bonds is 9. The van der Waals surface area contributed by atoms with E-state index in [1.165, 1.54) is 12.8 Å². The summed E-state index contributed by atoms with van der Waals surface area (Å²) in [5.41, 5.74) is 0. The van der Waals surface area contributed by atoms with Crippen LogP contribution in [0, 0.1) is 0 Å². The van der Waals surface area contributed by atoms with Crippen molar-refractivity contribution in [2.75, 3.05) is 19.7 Å². The van der Waals surface area contributed by atoms with Crippen LogP contribution >= 0.6 is 0 Å². The van der Waals surface area contributed by atoms with Crippen molar-refractivity contribution < 1.29 is 9.53 Å². The molecule has 0 saturated carbocycles. The lowest BCUT2D eigenvalue weighted by molar-refractivity contribution is -0.143. The minimum Gasteiger partial charge on any atom is -0.464 e. The summed E-state index contributed by atoms with van der Waals surface area (Å²) in [5.74, 6) is -0.0656. The lowest BCUT2D eigenvalue weighted by Crippen LogP contribution is -2.22. The fourth-order valence-corrected chi connectivity index (χ4v) is 1.06. The van der Waals surface area contributed by atoms with E-state index in [4.69, 9.17) is 4.74 Å². The fraction of sp³-hybridized carbons (Fsp3) is 0.909. The topological polar surface area (TPSA) is 38.3 Å². The Labute approximate surface area is 87.2 Å². The van der Waals surface area contributed by atoms with Gasteiger partial charge in [-0.2, -0.15) is 0 Å². The number of esters is 1. The summed E-state index contributed by atoms with van der Waals surface area (Å²) in [7, 11) is 0. The number of hydrogen-bond donors (Lipinski definition) is 1. The Balaban J connectivity index is 3.07. The van der Waals surface area contributed by atoms with Gasteiger partial charge in [-0.05, 0) is 19.4 Å². The summed E-state index contributed by atoms with van der Waals surface area (Å²) in [6, 6.07) is 0. The Morgan fingerprint density at radius 1 is 1.14 bits per heavy atom. The molecular weight excluding hydrogens is 178 g/mol. The lowest BCUT2D eigenvalue weighted by atomic mass is 10.2. The van der Waals surface area contributed by atoms with E-state index in [1.54, 1.807) is 0 Å². The normalized spacial score (nSPS) is 10.1. The van der Waals surface area contributed by atoms with Gasteiger partial charge >= 0.3 is 5.97 Å². The van der Waals surface area contributed by atoms with Crippen molar-refractivity contribution in [3.63, 3.8) is 0 Å². The number of nitrogens with one attached hydrogen (secondary N) is 1. The zero-order valence-electron chi connectivity index (χ0n) is 9.47. The lowest BCUT2D eigenvalue weighted by Gasteiger charge is -2.05. The first-order chi connectivity index (χ1) is 6.81. The number of carbonyl (C=O) groups is 1. The number of carbonyl (C=O) groups excluding carboxylic acids is 1. The van der Waals surface area contributed by atoms with Gasteiger partial charge in [-0.25, -0.2) is 0 Å². The first kappa shape index (κ1) is 13.4. The van der Waals surface area contributed by atoms with Crippen LogP contribution in [0.5, 0.6) is 0 Å². The third-order valence-corrected chi connectivity index (χ3v) is 1.98. The summed E-state index contributed by atoms with van der Waals surface area (Å²) in [6.45, 7) is 6.53. The average Bonchev–Trinajstić information content (AvgIpc) is 2.20. The van der Waals surface area contributed by atoms with E-state index < -0.39 is 0 Å². The Hall–Kier alpha value is -0.570. The van der Waals surface area contributed by atoms with Gasteiger partial charge in [0.15, 0.2) is 0 Å². The highest BCUT2D eigenvalue weighted by Crippen LogP contribution is 1.95. The van der Waals surface area contributed by atoms with E-state index in [9.17, 15) is 4.79 Å². The summed E-state index contributed by atoms with van der Waals surface area (Å²) < 4.78 is 5.02. The monoisotopic (exact) mass is 201 g/mol. The van der Waals surface area contributed by atoms with Crippen LogP contribution < -0.4 is 5.32 Å². The van der Waals surface area contributed by atoms with Gasteiger partial charge in [0.1, 0.15) is 6.61 Å². The van der Waals surface area contributed by atoms with E-state index in [2.05, 4.69) is 19.2 Å². The van der Waals surface area contributed by atoms with Gasteiger partial charge in [0.25, 0.3) is 0 Å². The van der Waals surface area contributed by atoms with E-state index in [1.807, 2.05) is 0 Å². The molecule has 0 aromatic heterocycles. The van der Waals surface area contributed by atoms with Crippen molar-refractivity contribution in [2.24, 2.45) is 0 Å². The molecule has 0 fully saturated rings. The number of unbranched alkanes of at least 4 members (excludes halogenated alkanes) is 2. The molecule has 0 bridgehead atoms. The second-order valence-corrected chi connectivity index (χ2v) is 3.43. The minimum atomic E-state index is -0.0656. The van der Waals surface area contributed by atoms with Gasteiger partial charge in [-0.15, -0.1) is 0 Å². The molecule has 14 heavy (non-hydrogen) atoms. The highest BCUT2D eigenvalue weighted by Gasteiger charge is 2.00. The first-order valence-electron chi connectivity index (χ1n) is 5.67. The van der Waals surface area contributed by atoms with Gasteiger partial charge in [0.2, 0.25) is 0 Å². The first-order valence-corrected chi connectivity index (χ1v) is 5.67. The van der Waals surface area contributed by atoms with E-state index in [0.717, 1.165) is 25.9 Å². The Kier molecular flexibility index (Phi) is 10.1. The number of hydrogen-bond acceptors (Lipinski definition) is 3. The molecule has 0 atom stereocenters. The third-order valence-electron chi connectivity index (χ3n) is 1.98. The molecular formula is C11H23NO2. The van der Waals surface area contributed by atoms with E-state index >= 15 is 0 Å². The van der Waals surface area contributed by atoms with Crippen molar-refractivity contribution in [3.05, 3.63) is 0 Å². The SMILES string of the molecule is CCCCNCCOC(=O)CCCC. The summed E-state index contributed by atoms with van der Waals surface area (Å²) in [6.07, 6.45) is 4.92. The maximum absolute atomic E-state index is 11.0. The van der Waals surface area contributed by atoms with Crippen LogP contribution in [0.4, 0.5) is 0 Å². The van der Waals surface area contributed by atoms with E-state index in [-0.39, 0.29) is 5.97 Å². The summed E-state index contributed by atoms with van der Waals surface area (Å²) in [4.78, 5) is 11.0. The van der Waals surface area contributed by atoms with Crippen LogP contribution in [0.3, 0.4) is 0 Å². The molecule has 0 saturated heterocycles. The van der Waals surface area contributed by atoms with Crippen LogP contribution in [-0.2, 0) is 9.53 Å². The maximum atomic E-state index is 11.0. The molecule has 0 aromatic carbocycles. The molecule has 0 aromatic rings. The van der Waals surface area contributed by atoms with Gasteiger partial charge in [0, 0.05) is 13.0 Å². The molecule has 1 N–H and O–H groups in total. The Bertz CT molecular complexity index is 137. The molecule has 0 amide bonds. The fourth-order valence-electron chi connectivity index (χ4n) is 1.06. The largest absolute Gasteiger partial charge is 0.464 e. The standard InChI is InChI=1S/C11H23NO2/c1-3-5-7-11(13)14-10-9-12-8-6-4-2/h12H,3-10H2,1-2H3. The molecule has 0 spiro atoms. The van der Waals surface area contributed by atoms with Crippen molar-refractivity contribution >= 4 is 5.97 Å². The van der Waals surface area contributed by atoms with Crippen LogP contribution in [0.15, 0.2) is 0 Å². The number of ether oxygens (including phenoxy) is 1. The molecule has 0 radical (unpaired) electrons. The molecule has 0 aliphatic heterocycles. The zero-order chi connectivity index (χ0) is 10.6. The van der Waals surface area contributed by atoms with Crippen LogP contribution in [-0.4, -0.2) is 25.7 Å². The Morgan fingerprint density at radius 3 is 2.50 bits per heavy atom. The quantitative estimate of drug-likeness (QED) is 0.458. The molecule has 0 rings (SSSR count). The summed E-state index contributed by atoms with van der Waals surface area (Å²) in [5, 5.41) is 3.22. The Morgan fingerprint density at radius 2 is 1.86 bits per heavy atom. The van der Waals surface area contributed by atoms with Crippen LogP contribution in [0.1, 0.15) is 46.0 Å². The van der Waals surface area contributed by atoms with Crippen molar-refractivity contribution in [3.8, 4) is 0 Å². The van der Waals surface area contributed by atoms with Crippen LogP contribution in [0.2, 0.25) is 0 Å². The van der Waals surface area contributed by atoms with Gasteiger partial charge in [0.05, 0.1) is 0 Å². The third kappa shape index (κ3) is 9.52. The van der Waals surface area contributed by atoms with Crippen molar-refractivity contribution in [1.82, 2.24) is 5.32 Å². The molecule has 0 heterocycles. The smallest absolute Gasteiger partial charge is 0.305 e. The van der Waals surface area contributed by atoms with Gasteiger partial charge < -0.3 is 10.1 Å². The molecule has 84 valence electrons. The second-order valence-electron chi connectivity index (χ2n) is 3.43. The van der Waals surface area contributed by atoms with Crippen molar-refractivity contribution in [2.45, 2.75) is 46.0 Å². The highest BCUT2D eigenvalue weighted by atomic mass is 16.5. The van der Waals surface area contributed by atoms with E-state index in [0.29, 0.717) is 13.0 Å². The predicted octanol–water partition coefficient (Wildman–Crippen LogP) is 2.11. The molecule has 3 nitrogen and oxygen atoms in total. The predicted molar refractivity (Wildman–Crippen MR) is 58.3 cm³/mol. The highest BCUT2D eigenvalue weighted by molar-refractivity contribution is 5.69. The molecule has 0 aliphatic rings. The second kappa shape index (κ2) is 10.5. The van der Waals surface area contributed by atoms with Crippen molar-refractivity contribution in [1.29, 1.82) is 0 Å². The average molecular weight is 201 g/mol. The summed E-state index contributed by atoms with van der Waals surface area (Å²) >= 11 is 0. The molecule has 0 unspecified atom stereocenters.